The number of aromatic nitrogens is 1. The number of fused-ring (bicyclic) bond motifs is 1. The second kappa shape index (κ2) is 2.67. The van der Waals surface area contributed by atoms with E-state index in [1.165, 1.54) is 3.58 Å². The Labute approximate surface area is 77.6 Å². The maximum Gasteiger partial charge on any atom is 0.121 e. The SMILES string of the molecule is IC1=c2cccnc2=C=C=C1. The summed E-state index contributed by atoms with van der Waals surface area (Å²) in [6.45, 7) is 0. The Morgan fingerprint density at radius 1 is 1.45 bits per heavy atom. The molecule has 0 spiro atoms. The van der Waals surface area contributed by atoms with Gasteiger partial charge in [-0.1, -0.05) is 5.73 Å². The number of allylic oxidation sites excluding steroid dienone is 1. The van der Waals surface area contributed by atoms with Crippen LogP contribution in [0.2, 0.25) is 0 Å². The molecular formula is C9H4IN. The smallest absolute Gasteiger partial charge is 0.121 e. The summed E-state index contributed by atoms with van der Waals surface area (Å²) < 4.78 is 1.17. The van der Waals surface area contributed by atoms with Gasteiger partial charge in [-0.15, -0.1) is 0 Å². The number of pyridine rings is 1. The number of rotatable bonds is 0. The van der Waals surface area contributed by atoms with Crippen LogP contribution in [0.25, 0.3) is 9.31 Å². The standard InChI is InChI=1S/C9H4IN/c10-8-4-1-5-9-7(8)3-2-6-11-9/h2-4,6H. The fraction of sp³-hybridized carbons (Fsp3) is 0. The second-order valence-electron chi connectivity index (χ2n) is 2.16. The average molecular weight is 253 g/mol. The molecule has 0 unspecified atom stereocenters. The van der Waals surface area contributed by atoms with E-state index in [-0.39, 0.29) is 0 Å². The third-order valence-electron chi connectivity index (χ3n) is 1.45. The minimum Gasteiger partial charge on any atom is -0.247 e. The predicted octanol–water partition coefficient (Wildman–Crippen LogP) is 0.729. The van der Waals surface area contributed by atoms with Gasteiger partial charge < -0.3 is 0 Å². The fourth-order valence-electron chi connectivity index (χ4n) is 0.943. The molecule has 1 nitrogen and oxygen atoms in total. The molecule has 52 valence electrons. The molecule has 2 heteroatoms. The van der Waals surface area contributed by atoms with Gasteiger partial charge in [-0.2, -0.15) is 0 Å². The van der Waals surface area contributed by atoms with Gasteiger partial charge in [0.05, 0.1) is 0 Å². The van der Waals surface area contributed by atoms with Gasteiger partial charge in [0.1, 0.15) is 5.35 Å². The van der Waals surface area contributed by atoms with Gasteiger partial charge in [0.2, 0.25) is 0 Å². The first-order valence-corrected chi connectivity index (χ1v) is 4.28. The molecule has 1 aliphatic carbocycles. The van der Waals surface area contributed by atoms with Crippen LogP contribution >= 0.6 is 22.6 Å². The zero-order chi connectivity index (χ0) is 7.68. The fourth-order valence-corrected chi connectivity index (χ4v) is 1.53. The molecule has 0 N–H and O–H groups in total. The van der Waals surface area contributed by atoms with E-state index >= 15 is 0 Å². The van der Waals surface area contributed by atoms with Crippen LogP contribution in [0.4, 0.5) is 0 Å². The first kappa shape index (κ1) is 6.86. The lowest BCUT2D eigenvalue weighted by Gasteiger charge is -1.90. The molecule has 0 saturated heterocycles. The van der Waals surface area contributed by atoms with Gasteiger partial charge in [0.15, 0.2) is 0 Å². The summed E-state index contributed by atoms with van der Waals surface area (Å²) in [4.78, 5) is 4.15. The summed E-state index contributed by atoms with van der Waals surface area (Å²) in [5, 5.41) is 2.03. The summed E-state index contributed by atoms with van der Waals surface area (Å²) in [5.74, 6) is 0. The largest absolute Gasteiger partial charge is 0.247 e. The predicted molar refractivity (Wildman–Crippen MR) is 52.4 cm³/mol. The van der Waals surface area contributed by atoms with Crippen molar-refractivity contribution in [2.24, 2.45) is 0 Å². The molecule has 0 amide bonds. The van der Waals surface area contributed by atoms with E-state index in [9.17, 15) is 0 Å². The Kier molecular flexibility index (Phi) is 1.66. The first-order valence-electron chi connectivity index (χ1n) is 3.20. The van der Waals surface area contributed by atoms with E-state index < -0.39 is 0 Å². The van der Waals surface area contributed by atoms with Crippen LogP contribution in [-0.2, 0) is 0 Å². The van der Waals surface area contributed by atoms with Gasteiger partial charge in [0, 0.05) is 21.1 Å². The monoisotopic (exact) mass is 253 g/mol. The lowest BCUT2D eigenvalue weighted by atomic mass is 10.3. The van der Waals surface area contributed by atoms with Crippen molar-refractivity contribution in [3.8, 4) is 0 Å². The Hall–Kier alpha value is -0.820. The van der Waals surface area contributed by atoms with Crippen molar-refractivity contribution >= 4 is 31.9 Å². The summed E-state index contributed by atoms with van der Waals surface area (Å²) in [6.07, 6.45) is 3.67. The molecule has 1 aromatic rings. The quantitative estimate of drug-likeness (QED) is 0.490. The molecule has 0 aliphatic heterocycles. The van der Waals surface area contributed by atoms with E-state index in [4.69, 9.17) is 0 Å². The molecule has 0 fully saturated rings. The van der Waals surface area contributed by atoms with E-state index in [0.717, 1.165) is 10.6 Å². The minimum atomic E-state index is 0.888. The topological polar surface area (TPSA) is 12.9 Å². The third-order valence-corrected chi connectivity index (χ3v) is 2.35. The van der Waals surface area contributed by atoms with Crippen molar-refractivity contribution in [2.45, 2.75) is 0 Å². The van der Waals surface area contributed by atoms with Gasteiger partial charge >= 0.3 is 0 Å². The van der Waals surface area contributed by atoms with Crippen LogP contribution in [-0.4, -0.2) is 4.98 Å². The Balaban J connectivity index is 3.13. The molecule has 0 saturated carbocycles. The molecule has 1 heterocycles. The van der Waals surface area contributed by atoms with Crippen LogP contribution in [0.3, 0.4) is 0 Å². The van der Waals surface area contributed by atoms with Crippen LogP contribution in [0.1, 0.15) is 0 Å². The van der Waals surface area contributed by atoms with Crippen molar-refractivity contribution in [3.63, 3.8) is 0 Å². The molecule has 1 aliphatic rings. The van der Waals surface area contributed by atoms with Crippen LogP contribution < -0.4 is 10.6 Å². The second-order valence-corrected chi connectivity index (χ2v) is 3.32. The maximum atomic E-state index is 4.15. The summed E-state index contributed by atoms with van der Waals surface area (Å²) >= 11 is 2.27. The third kappa shape index (κ3) is 1.16. The lowest BCUT2D eigenvalue weighted by molar-refractivity contribution is 1.22. The van der Waals surface area contributed by atoms with Crippen molar-refractivity contribution in [2.75, 3.05) is 0 Å². The highest BCUT2D eigenvalue weighted by molar-refractivity contribution is 14.1. The highest BCUT2D eigenvalue weighted by Crippen LogP contribution is 2.04. The Bertz CT molecular complexity index is 475. The highest BCUT2D eigenvalue weighted by atomic mass is 127. The molecule has 0 radical (unpaired) electrons. The average Bonchev–Trinajstić information content (AvgIpc) is 2.06. The molecule has 11 heavy (non-hydrogen) atoms. The molecular weight excluding hydrogens is 249 g/mol. The van der Waals surface area contributed by atoms with E-state index in [1.54, 1.807) is 6.20 Å². The number of halogens is 1. The summed E-state index contributed by atoms with van der Waals surface area (Å²) in [6, 6.07) is 3.97. The van der Waals surface area contributed by atoms with Gasteiger partial charge in [-0.05, 0) is 40.5 Å². The summed E-state index contributed by atoms with van der Waals surface area (Å²) in [7, 11) is 0. The van der Waals surface area contributed by atoms with Gasteiger partial charge in [-0.3, -0.25) is 0 Å². The van der Waals surface area contributed by atoms with Crippen molar-refractivity contribution in [1.29, 1.82) is 0 Å². The van der Waals surface area contributed by atoms with Crippen LogP contribution in [0, 0.1) is 0 Å². The molecule has 0 atom stereocenters. The molecule has 0 aromatic carbocycles. The summed E-state index contributed by atoms with van der Waals surface area (Å²) in [5.41, 5.74) is 5.86. The van der Waals surface area contributed by atoms with E-state index in [0.29, 0.717) is 0 Å². The van der Waals surface area contributed by atoms with Crippen molar-refractivity contribution in [3.05, 3.63) is 40.7 Å². The van der Waals surface area contributed by atoms with Gasteiger partial charge in [0.25, 0.3) is 0 Å². The first-order chi connectivity index (χ1) is 5.38. The molecule has 0 bridgehead atoms. The normalized spacial score (nSPS) is 12.6. The Morgan fingerprint density at radius 2 is 2.36 bits per heavy atom. The molecule has 1 aromatic heterocycles. The maximum absolute atomic E-state index is 4.15. The minimum absolute atomic E-state index is 0.888. The van der Waals surface area contributed by atoms with Crippen LogP contribution in [0.5, 0.6) is 0 Å². The highest BCUT2D eigenvalue weighted by Gasteiger charge is 1.92. The van der Waals surface area contributed by atoms with E-state index in [1.807, 2.05) is 18.2 Å². The molecule has 2 rings (SSSR count). The lowest BCUT2D eigenvalue weighted by Crippen LogP contribution is -2.28. The van der Waals surface area contributed by atoms with Gasteiger partial charge in [-0.25, -0.2) is 4.98 Å². The van der Waals surface area contributed by atoms with Crippen molar-refractivity contribution in [1.82, 2.24) is 4.98 Å². The van der Waals surface area contributed by atoms with E-state index in [2.05, 4.69) is 39.0 Å². The van der Waals surface area contributed by atoms with Crippen molar-refractivity contribution < 1.29 is 0 Å². The number of nitrogens with zero attached hydrogens (tertiary/aromatic N) is 1. The van der Waals surface area contributed by atoms with Crippen LogP contribution in [0.15, 0.2) is 30.1 Å². The zero-order valence-corrected chi connectivity index (χ0v) is 7.79. The zero-order valence-electron chi connectivity index (χ0n) is 5.63. The number of hydrogen-bond donors (Lipinski definition) is 0. The Morgan fingerprint density at radius 3 is 3.18 bits per heavy atom. The number of hydrogen-bond acceptors (Lipinski definition) is 1.